The van der Waals surface area contributed by atoms with E-state index >= 15 is 0 Å². The average Bonchev–Trinajstić information content (AvgIpc) is 2.21. The number of hydrogen-bond acceptors (Lipinski definition) is 5. The van der Waals surface area contributed by atoms with Gasteiger partial charge in [-0.05, 0) is 13.3 Å². The second-order valence-corrected chi connectivity index (χ2v) is 2.98. The number of anilines is 2. The van der Waals surface area contributed by atoms with Gasteiger partial charge in [0.05, 0.1) is 0 Å². The summed E-state index contributed by atoms with van der Waals surface area (Å²) >= 11 is 0. The molecule has 0 radical (unpaired) electrons. The van der Waals surface area contributed by atoms with Crippen LogP contribution in [0.15, 0.2) is 6.20 Å². The third kappa shape index (κ3) is 2.85. The average molecular weight is 196 g/mol. The molecule has 1 rings (SSSR count). The van der Waals surface area contributed by atoms with Crippen molar-refractivity contribution in [2.45, 2.75) is 13.3 Å². The van der Waals surface area contributed by atoms with E-state index in [4.69, 9.17) is 5.11 Å². The summed E-state index contributed by atoms with van der Waals surface area (Å²) in [5, 5.41) is 14.6. The molecule has 0 fully saturated rings. The van der Waals surface area contributed by atoms with Crippen LogP contribution in [0.25, 0.3) is 0 Å². The Labute approximate surface area is 83.6 Å². The predicted molar refractivity (Wildman–Crippen MR) is 56.5 cm³/mol. The zero-order chi connectivity index (χ0) is 10.4. The van der Waals surface area contributed by atoms with Crippen LogP contribution in [0.5, 0.6) is 0 Å². The van der Waals surface area contributed by atoms with Gasteiger partial charge in [0.25, 0.3) is 0 Å². The van der Waals surface area contributed by atoms with Crippen molar-refractivity contribution in [3.8, 4) is 0 Å². The molecule has 0 atom stereocenters. The minimum atomic E-state index is 0.190. The molecule has 1 aromatic rings. The lowest BCUT2D eigenvalue weighted by Gasteiger charge is -2.08. The van der Waals surface area contributed by atoms with Crippen molar-refractivity contribution in [1.82, 2.24) is 9.97 Å². The van der Waals surface area contributed by atoms with Crippen molar-refractivity contribution in [3.63, 3.8) is 0 Å². The van der Waals surface area contributed by atoms with Crippen LogP contribution in [-0.2, 0) is 0 Å². The van der Waals surface area contributed by atoms with E-state index in [1.54, 1.807) is 13.2 Å². The molecule has 0 unspecified atom stereocenters. The van der Waals surface area contributed by atoms with Gasteiger partial charge in [-0.3, -0.25) is 0 Å². The number of aryl methyl sites for hydroxylation is 1. The fourth-order valence-electron chi connectivity index (χ4n) is 1.03. The Morgan fingerprint density at radius 1 is 1.50 bits per heavy atom. The zero-order valence-corrected chi connectivity index (χ0v) is 8.54. The Kier molecular flexibility index (Phi) is 4.12. The van der Waals surface area contributed by atoms with E-state index in [0.29, 0.717) is 5.95 Å². The van der Waals surface area contributed by atoms with E-state index in [1.807, 2.05) is 6.92 Å². The second-order valence-electron chi connectivity index (χ2n) is 2.98. The molecule has 0 aliphatic heterocycles. The van der Waals surface area contributed by atoms with E-state index in [-0.39, 0.29) is 6.61 Å². The first-order chi connectivity index (χ1) is 6.77. The Hall–Kier alpha value is -1.36. The normalized spacial score (nSPS) is 9.93. The topological polar surface area (TPSA) is 70.1 Å². The van der Waals surface area contributed by atoms with Crippen molar-refractivity contribution < 1.29 is 5.11 Å². The summed E-state index contributed by atoms with van der Waals surface area (Å²) in [7, 11) is 1.78. The van der Waals surface area contributed by atoms with E-state index in [9.17, 15) is 0 Å². The van der Waals surface area contributed by atoms with Gasteiger partial charge in [0, 0.05) is 32.0 Å². The zero-order valence-electron chi connectivity index (χ0n) is 8.54. The quantitative estimate of drug-likeness (QED) is 0.602. The molecule has 0 amide bonds. The molecule has 0 aliphatic carbocycles. The molecule has 3 N–H and O–H groups in total. The molecule has 0 aromatic carbocycles. The van der Waals surface area contributed by atoms with Gasteiger partial charge in [0.2, 0.25) is 5.95 Å². The van der Waals surface area contributed by atoms with Gasteiger partial charge in [0.1, 0.15) is 5.82 Å². The molecule has 0 saturated heterocycles. The highest BCUT2D eigenvalue weighted by Crippen LogP contribution is 2.11. The van der Waals surface area contributed by atoms with Gasteiger partial charge >= 0.3 is 0 Å². The fourth-order valence-corrected chi connectivity index (χ4v) is 1.03. The van der Waals surface area contributed by atoms with E-state index in [0.717, 1.165) is 24.3 Å². The molecule has 14 heavy (non-hydrogen) atoms. The highest BCUT2D eigenvalue weighted by atomic mass is 16.3. The molecular formula is C9H16N4O. The number of aliphatic hydroxyl groups is 1. The summed E-state index contributed by atoms with van der Waals surface area (Å²) in [5.74, 6) is 1.42. The Morgan fingerprint density at radius 3 is 2.93 bits per heavy atom. The second kappa shape index (κ2) is 5.39. The first-order valence-corrected chi connectivity index (χ1v) is 4.64. The maximum atomic E-state index is 8.63. The molecule has 1 aromatic heterocycles. The van der Waals surface area contributed by atoms with Crippen molar-refractivity contribution in [2.24, 2.45) is 0 Å². The summed E-state index contributed by atoms with van der Waals surface area (Å²) in [6.07, 6.45) is 2.48. The van der Waals surface area contributed by atoms with Crippen LogP contribution < -0.4 is 10.6 Å². The van der Waals surface area contributed by atoms with Crippen LogP contribution in [0, 0.1) is 6.92 Å². The van der Waals surface area contributed by atoms with Crippen LogP contribution in [0.1, 0.15) is 12.0 Å². The van der Waals surface area contributed by atoms with Gasteiger partial charge < -0.3 is 15.7 Å². The van der Waals surface area contributed by atoms with Crippen molar-refractivity contribution in [2.75, 3.05) is 30.8 Å². The maximum Gasteiger partial charge on any atom is 0.224 e. The van der Waals surface area contributed by atoms with E-state index in [2.05, 4.69) is 20.6 Å². The van der Waals surface area contributed by atoms with E-state index < -0.39 is 0 Å². The summed E-state index contributed by atoms with van der Waals surface area (Å²) < 4.78 is 0. The third-order valence-corrected chi connectivity index (χ3v) is 1.82. The van der Waals surface area contributed by atoms with Gasteiger partial charge in [-0.25, -0.2) is 4.98 Å². The monoisotopic (exact) mass is 196 g/mol. The molecule has 78 valence electrons. The summed E-state index contributed by atoms with van der Waals surface area (Å²) in [6, 6.07) is 0. The van der Waals surface area contributed by atoms with Crippen molar-refractivity contribution >= 4 is 11.8 Å². The van der Waals surface area contributed by atoms with E-state index in [1.165, 1.54) is 0 Å². The number of hydrogen-bond donors (Lipinski definition) is 3. The standard InChI is InChI=1S/C9H16N4O/c1-7-6-12-9(10-2)13-8(7)11-4-3-5-14/h6,14H,3-5H2,1-2H3,(H2,10,11,12,13). The number of rotatable bonds is 5. The van der Waals surface area contributed by atoms with Gasteiger partial charge in [-0.1, -0.05) is 0 Å². The largest absolute Gasteiger partial charge is 0.396 e. The number of nitrogens with one attached hydrogen (secondary N) is 2. The van der Waals surface area contributed by atoms with Crippen LogP contribution >= 0.6 is 0 Å². The summed E-state index contributed by atoms with van der Waals surface area (Å²) in [4.78, 5) is 8.32. The highest BCUT2D eigenvalue weighted by Gasteiger charge is 2.01. The highest BCUT2D eigenvalue weighted by molar-refractivity contribution is 5.46. The molecule has 5 nitrogen and oxygen atoms in total. The van der Waals surface area contributed by atoms with Crippen LogP contribution in [0.3, 0.4) is 0 Å². The molecule has 5 heteroatoms. The maximum absolute atomic E-state index is 8.63. The lowest BCUT2D eigenvalue weighted by molar-refractivity contribution is 0.292. The lowest BCUT2D eigenvalue weighted by Crippen LogP contribution is -2.08. The molecule has 0 bridgehead atoms. The lowest BCUT2D eigenvalue weighted by atomic mass is 10.3. The Balaban J connectivity index is 2.64. The predicted octanol–water partition coefficient (Wildman–Crippen LogP) is 0.621. The van der Waals surface area contributed by atoms with Crippen molar-refractivity contribution in [3.05, 3.63) is 11.8 Å². The molecule has 0 saturated carbocycles. The van der Waals surface area contributed by atoms with Gasteiger partial charge in [0.15, 0.2) is 0 Å². The summed E-state index contributed by atoms with van der Waals surface area (Å²) in [5.41, 5.74) is 1.00. The van der Waals surface area contributed by atoms with Crippen LogP contribution in [0.2, 0.25) is 0 Å². The Morgan fingerprint density at radius 2 is 2.29 bits per heavy atom. The Bertz CT molecular complexity index is 290. The minimum absolute atomic E-state index is 0.190. The number of nitrogens with zero attached hydrogens (tertiary/aromatic N) is 2. The third-order valence-electron chi connectivity index (χ3n) is 1.82. The molecule has 0 aliphatic rings. The number of aromatic nitrogens is 2. The van der Waals surface area contributed by atoms with Crippen molar-refractivity contribution in [1.29, 1.82) is 0 Å². The molecule has 1 heterocycles. The van der Waals surface area contributed by atoms with Crippen LogP contribution in [-0.4, -0.2) is 35.3 Å². The summed E-state index contributed by atoms with van der Waals surface area (Å²) in [6.45, 7) is 2.86. The first kappa shape index (κ1) is 10.7. The fraction of sp³-hybridized carbons (Fsp3) is 0.556. The molecule has 0 spiro atoms. The SMILES string of the molecule is CNc1ncc(C)c(NCCCO)n1. The number of aliphatic hydroxyl groups excluding tert-OH is 1. The van der Waals surface area contributed by atoms with Gasteiger partial charge in [-0.15, -0.1) is 0 Å². The van der Waals surface area contributed by atoms with Crippen LogP contribution in [0.4, 0.5) is 11.8 Å². The first-order valence-electron chi connectivity index (χ1n) is 4.64. The van der Waals surface area contributed by atoms with Gasteiger partial charge in [-0.2, -0.15) is 4.98 Å². The minimum Gasteiger partial charge on any atom is -0.396 e. The smallest absolute Gasteiger partial charge is 0.224 e. The molecular weight excluding hydrogens is 180 g/mol.